The van der Waals surface area contributed by atoms with Gasteiger partial charge in [0.25, 0.3) is 10.0 Å². The lowest BCUT2D eigenvalue weighted by atomic mass is 10.3. The summed E-state index contributed by atoms with van der Waals surface area (Å²) >= 11 is 0. The number of rotatable bonds is 7. The molecular weight excluding hydrogens is 254 g/mol. The molecule has 0 spiro atoms. The van der Waals surface area contributed by atoms with Crippen LogP contribution in [-0.2, 0) is 16.6 Å². The summed E-state index contributed by atoms with van der Waals surface area (Å²) < 4.78 is 25.5. The van der Waals surface area contributed by atoms with E-state index in [0.717, 1.165) is 9.87 Å². The first-order valence-corrected chi connectivity index (χ1v) is 6.87. The van der Waals surface area contributed by atoms with Crippen LogP contribution in [0.2, 0.25) is 0 Å². The average molecular weight is 271 g/mol. The van der Waals surface area contributed by atoms with Crippen molar-refractivity contribution in [2.24, 2.45) is 5.73 Å². The summed E-state index contributed by atoms with van der Waals surface area (Å²) in [5.41, 5.74) is 6.17. The van der Waals surface area contributed by atoms with Crippen molar-refractivity contribution in [3.63, 3.8) is 0 Å². The van der Waals surface area contributed by atoms with Crippen LogP contribution in [0.3, 0.4) is 0 Å². The Morgan fingerprint density at radius 2 is 2.22 bits per heavy atom. The highest BCUT2D eigenvalue weighted by atomic mass is 32.2. The fourth-order valence-corrected chi connectivity index (χ4v) is 2.70. The molecule has 0 aliphatic heterocycles. The topological polar surface area (TPSA) is 96.5 Å². The first-order valence-electron chi connectivity index (χ1n) is 5.43. The maximum atomic E-state index is 12.2. The van der Waals surface area contributed by atoms with Crippen molar-refractivity contribution >= 4 is 10.0 Å². The second-order valence-corrected chi connectivity index (χ2v) is 5.47. The van der Waals surface area contributed by atoms with E-state index in [-0.39, 0.29) is 24.7 Å². The third-order valence-corrected chi connectivity index (χ3v) is 4.10. The highest BCUT2D eigenvalue weighted by molar-refractivity contribution is 7.89. The Balaban J connectivity index is 3.04. The monoisotopic (exact) mass is 271 g/mol. The van der Waals surface area contributed by atoms with Crippen molar-refractivity contribution < 1.29 is 13.5 Å². The van der Waals surface area contributed by atoms with Gasteiger partial charge in [0.15, 0.2) is 5.03 Å². The first kappa shape index (κ1) is 14.8. The van der Waals surface area contributed by atoms with Crippen LogP contribution in [0, 0.1) is 0 Å². The van der Waals surface area contributed by atoms with E-state index in [1.807, 2.05) is 0 Å². The van der Waals surface area contributed by atoms with Crippen molar-refractivity contribution in [2.75, 3.05) is 19.7 Å². The molecule has 0 bridgehead atoms. The van der Waals surface area contributed by atoms with E-state index in [4.69, 9.17) is 10.8 Å². The summed E-state index contributed by atoms with van der Waals surface area (Å²) in [6.07, 6.45) is 2.89. The largest absolute Gasteiger partial charge is 0.395 e. The van der Waals surface area contributed by atoms with Crippen molar-refractivity contribution in [3.8, 4) is 0 Å². The molecule has 0 radical (unpaired) electrons. The predicted octanol–water partition coefficient (Wildman–Crippen LogP) is -0.291. The van der Waals surface area contributed by atoms with Crippen LogP contribution in [0.5, 0.6) is 0 Å². The molecule has 0 fully saturated rings. The summed E-state index contributed by atoms with van der Waals surface area (Å²) in [5.74, 6) is 0. The van der Waals surface area contributed by atoms with Gasteiger partial charge in [0.05, 0.1) is 6.61 Å². The first-order chi connectivity index (χ1) is 8.56. The molecule has 1 aromatic rings. The van der Waals surface area contributed by atoms with Crippen molar-refractivity contribution in [1.82, 2.24) is 9.29 Å². The normalized spacial score (nSPS) is 11.7. The molecule has 0 saturated heterocycles. The summed E-state index contributed by atoms with van der Waals surface area (Å²) in [4.78, 5) is 3.88. The Morgan fingerprint density at radius 3 is 2.67 bits per heavy atom. The average Bonchev–Trinajstić information content (AvgIpc) is 2.38. The number of nitrogens with zero attached hydrogens (tertiary/aromatic N) is 2. The van der Waals surface area contributed by atoms with E-state index >= 15 is 0 Å². The molecular formula is C11H17N3O3S. The summed E-state index contributed by atoms with van der Waals surface area (Å²) in [6.45, 7) is 3.68. The van der Waals surface area contributed by atoms with Gasteiger partial charge in [0, 0.05) is 25.8 Å². The summed E-state index contributed by atoms with van der Waals surface area (Å²) in [7, 11) is -3.70. The lowest BCUT2D eigenvalue weighted by molar-refractivity contribution is 0.260. The fraction of sp³-hybridized carbons (Fsp3) is 0.364. The fourth-order valence-electron chi connectivity index (χ4n) is 1.38. The maximum absolute atomic E-state index is 12.2. The van der Waals surface area contributed by atoms with Crippen molar-refractivity contribution in [3.05, 3.63) is 36.5 Å². The van der Waals surface area contributed by atoms with Crippen LogP contribution in [0.15, 0.2) is 36.0 Å². The number of pyridine rings is 1. The quantitative estimate of drug-likeness (QED) is 0.664. The van der Waals surface area contributed by atoms with Gasteiger partial charge in [0.2, 0.25) is 0 Å². The number of nitrogens with two attached hydrogens (primary N) is 1. The highest BCUT2D eigenvalue weighted by Crippen LogP contribution is 2.13. The highest BCUT2D eigenvalue weighted by Gasteiger charge is 2.24. The van der Waals surface area contributed by atoms with Crippen LogP contribution >= 0.6 is 0 Å². The van der Waals surface area contributed by atoms with Crippen LogP contribution in [0.25, 0.3) is 0 Å². The molecule has 0 aliphatic carbocycles. The molecule has 3 N–H and O–H groups in total. The van der Waals surface area contributed by atoms with Gasteiger partial charge in [-0.3, -0.25) is 0 Å². The molecule has 1 aromatic heterocycles. The smallest absolute Gasteiger partial charge is 0.260 e. The molecule has 100 valence electrons. The van der Waals surface area contributed by atoms with Gasteiger partial charge in [-0.1, -0.05) is 12.1 Å². The maximum Gasteiger partial charge on any atom is 0.260 e. The third kappa shape index (κ3) is 3.36. The zero-order valence-corrected chi connectivity index (χ0v) is 10.8. The Morgan fingerprint density at radius 1 is 1.50 bits per heavy atom. The van der Waals surface area contributed by atoms with E-state index in [2.05, 4.69) is 11.6 Å². The summed E-state index contributed by atoms with van der Waals surface area (Å²) in [5, 5.41) is 8.82. The second kappa shape index (κ2) is 6.60. The van der Waals surface area contributed by atoms with Crippen LogP contribution in [0.4, 0.5) is 0 Å². The Hall–Kier alpha value is -1.28. The Kier molecular flexibility index (Phi) is 5.42. The Bertz CT molecular complexity index is 485. The lowest BCUT2D eigenvalue weighted by Crippen LogP contribution is -2.34. The predicted molar refractivity (Wildman–Crippen MR) is 68.2 cm³/mol. The number of aliphatic hydroxyl groups excluding tert-OH is 1. The minimum Gasteiger partial charge on any atom is -0.395 e. The second-order valence-electron chi connectivity index (χ2n) is 3.58. The van der Waals surface area contributed by atoms with Crippen LogP contribution < -0.4 is 5.73 Å². The molecule has 1 rings (SSSR count). The van der Waals surface area contributed by atoms with Crippen molar-refractivity contribution in [2.45, 2.75) is 11.6 Å². The van der Waals surface area contributed by atoms with Gasteiger partial charge in [0.1, 0.15) is 0 Å². The van der Waals surface area contributed by atoms with E-state index in [9.17, 15) is 8.42 Å². The molecule has 7 heteroatoms. The van der Waals surface area contributed by atoms with Crippen molar-refractivity contribution in [1.29, 1.82) is 0 Å². The van der Waals surface area contributed by atoms with E-state index < -0.39 is 10.0 Å². The number of hydrogen-bond acceptors (Lipinski definition) is 5. The van der Waals surface area contributed by atoms with E-state index in [1.54, 1.807) is 6.07 Å². The summed E-state index contributed by atoms with van der Waals surface area (Å²) in [6, 6.07) is 3.02. The van der Waals surface area contributed by atoms with Gasteiger partial charge in [-0.2, -0.15) is 4.31 Å². The van der Waals surface area contributed by atoms with E-state index in [0.29, 0.717) is 6.54 Å². The number of aliphatic hydroxyl groups is 1. The molecule has 0 saturated carbocycles. The van der Waals surface area contributed by atoms with Crippen LogP contribution in [0.1, 0.15) is 5.56 Å². The van der Waals surface area contributed by atoms with Crippen LogP contribution in [-0.4, -0.2) is 42.5 Å². The van der Waals surface area contributed by atoms with Gasteiger partial charge < -0.3 is 10.8 Å². The van der Waals surface area contributed by atoms with Gasteiger partial charge in [-0.05, 0) is 11.6 Å². The number of hydrogen-bond donors (Lipinski definition) is 2. The minimum absolute atomic E-state index is 0.00860. The van der Waals surface area contributed by atoms with Gasteiger partial charge in [-0.25, -0.2) is 13.4 Å². The molecule has 1 heterocycles. The molecule has 0 atom stereocenters. The van der Waals surface area contributed by atoms with Gasteiger partial charge in [-0.15, -0.1) is 6.58 Å². The lowest BCUT2D eigenvalue weighted by Gasteiger charge is -2.18. The molecule has 0 unspecified atom stereocenters. The van der Waals surface area contributed by atoms with E-state index in [1.165, 1.54) is 18.3 Å². The van der Waals surface area contributed by atoms with Gasteiger partial charge >= 0.3 is 0 Å². The number of sulfonamides is 1. The molecule has 0 amide bonds. The minimum atomic E-state index is -3.70. The third-order valence-electron chi connectivity index (χ3n) is 2.32. The molecule has 0 aromatic carbocycles. The SMILES string of the molecule is C=CCN(CCO)S(=O)(=O)c1ccc(CN)cn1. The standard InChI is InChI=1S/C11H17N3O3S/c1-2-5-14(6-7-15)18(16,17)11-4-3-10(8-12)9-13-11/h2-4,9,15H,1,5-8,12H2. The zero-order valence-electron chi connectivity index (χ0n) is 9.99. The zero-order chi connectivity index (χ0) is 13.6. The Labute approximate surface area is 107 Å². The molecule has 0 aliphatic rings. The molecule has 6 nitrogen and oxygen atoms in total. The number of aromatic nitrogens is 1. The molecule has 18 heavy (non-hydrogen) atoms.